The molecule has 1 aliphatic heterocycles. The van der Waals surface area contributed by atoms with Gasteiger partial charge in [-0.1, -0.05) is 49.4 Å². The standard InChI is InChI=1S/C29H39FN2O2/c1-22-15-18-31(19-16-22)28-14-13-24(23-9-4-3-5-10-23)26(28)21-32(17-8-20-34-2)29(33)25-11-6-7-12-27(25)30/h3-7,9-12,22,24,26,28H,8,13-21H2,1-2H3. The monoisotopic (exact) mass is 466 g/mol. The number of benzene rings is 2. The largest absolute Gasteiger partial charge is 0.385 e. The maximum atomic E-state index is 14.6. The van der Waals surface area contributed by atoms with Gasteiger partial charge in [0.15, 0.2) is 0 Å². The number of hydrogen-bond acceptors (Lipinski definition) is 3. The smallest absolute Gasteiger partial charge is 0.256 e. The first-order valence-corrected chi connectivity index (χ1v) is 12.9. The third kappa shape index (κ3) is 5.87. The minimum Gasteiger partial charge on any atom is -0.385 e. The molecule has 3 unspecified atom stereocenters. The van der Waals surface area contributed by atoms with E-state index in [9.17, 15) is 9.18 Å². The molecule has 3 atom stereocenters. The topological polar surface area (TPSA) is 32.8 Å². The number of amides is 1. The van der Waals surface area contributed by atoms with Crippen molar-refractivity contribution in [2.75, 3.05) is 39.9 Å². The van der Waals surface area contributed by atoms with Crippen LogP contribution in [0.3, 0.4) is 0 Å². The van der Waals surface area contributed by atoms with E-state index in [-0.39, 0.29) is 11.5 Å². The summed E-state index contributed by atoms with van der Waals surface area (Å²) < 4.78 is 19.8. The van der Waals surface area contributed by atoms with Crippen molar-refractivity contribution in [3.63, 3.8) is 0 Å². The maximum Gasteiger partial charge on any atom is 0.256 e. The molecule has 0 radical (unpaired) electrons. The van der Waals surface area contributed by atoms with Gasteiger partial charge in [0.2, 0.25) is 0 Å². The van der Waals surface area contributed by atoms with Crippen LogP contribution in [0.4, 0.5) is 4.39 Å². The summed E-state index contributed by atoms with van der Waals surface area (Å²) in [4.78, 5) is 18.1. The van der Waals surface area contributed by atoms with Gasteiger partial charge in [-0.25, -0.2) is 4.39 Å². The molecule has 2 aromatic rings. The Morgan fingerprint density at radius 3 is 2.44 bits per heavy atom. The number of rotatable bonds is 9. The Morgan fingerprint density at radius 1 is 1.03 bits per heavy atom. The average molecular weight is 467 g/mol. The van der Waals surface area contributed by atoms with Crippen LogP contribution in [-0.4, -0.2) is 61.6 Å². The molecular weight excluding hydrogens is 427 g/mol. The highest BCUT2D eigenvalue weighted by Crippen LogP contribution is 2.43. The number of ether oxygens (including phenoxy) is 1. The molecule has 2 fully saturated rings. The van der Waals surface area contributed by atoms with E-state index in [4.69, 9.17) is 4.74 Å². The zero-order valence-corrected chi connectivity index (χ0v) is 20.7. The van der Waals surface area contributed by atoms with Gasteiger partial charge in [0.05, 0.1) is 5.56 Å². The lowest BCUT2D eigenvalue weighted by Crippen LogP contribution is -2.48. The molecule has 0 bridgehead atoms. The second kappa shape index (κ2) is 11.9. The van der Waals surface area contributed by atoms with E-state index < -0.39 is 5.82 Å². The van der Waals surface area contributed by atoms with E-state index in [0.29, 0.717) is 37.6 Å². The summed E-state index contributed by atoms with van der Waals surface area (Å²) in [7, 11) is 1.68. The van der Waals surface area contributed by atoms with Crippen LogP contribution in [0.15, 0.2) is 54.6 Å². The zero-order chi connectivity index (χ0) is 23.9. The van der Waals surface area contributed by atoms with Crippen LogP contribution in [0.5, 0.6) is 0 Å². The highest BCUT2D eigenvalue weighted by atomic mass is 19.1. The van der Waals surface area contributed by atoms with Crippen LogP contribution in [0.25, 0.3) is 0 Å². The summed E-state index contributed by atoms with van der Waals surface area (Å²) in [5.74, 6) is 0.864. The highest BCUT2D eigenvalue weighted by Gasteiger charge is 2.42. The molecule has 4 rings (SSSR count). The summed E-state index contributed by atoms with van der Waals surface area (Å²) in [5.41, 5.74) is 1.52. The normalized spacial score (nSPS) is 23.8. The molecule has 0 spiro atoms. The fourth-order valence-corrected chi connectivity index (χ4v) is 5.96. The van der Waals surface area contributed by atoms with Gasteiger partial charge in [0.1, 0.15) is 5.82 Å². The molecule has 1 aliphatic carbocycles. The van der Waals surface area contributed by atoms with Crippen molar-refractivity contribution in [3.8, 4) is 0 Å². The van der Waals surface area contributed by atoms with E-state index in [1.54, 1.807) is 25.3 Å². The van der Waals surface area contributed by atoms with Gasteiger partial charge in [0, 0.05) is 32.8 Å². The number of hydrogen-bond donors (Lipinski definition) is 0. The van der Waals surface area contributed by atoms with Crippen LogP contribution in [0.2, 0.25) is 0 Å². The Kier molecular flexibility index (Phi) is 8.74. The lowest BCUT2D eigenvalue weighted by Gasteiger charge is -2.40. The first-order valence-electron chi connectivity index (χ1n) is 12.9. The number of carbonyl (C=O) groups is 1. The number of piperidine rings is 1. The van der Waals surface area contributed by atoms with Crippen LogP contribution >= 0.6 is 0 Å². The Labute approximate surface area is 204 Å². The molecule has 1 heterocycles. The van der Waals surface area contributed by atoms with Crippen LogP contribution in [0.1, 0.15) is 60.9 Å². The van der Waals surface area contributed by atoms with Crippen molar-refractivity contribution in [1.82, 2.24) is 9.80 Å². The number of carbonyl (C=O) groups excluding carboxylic acids is 1. The molecule has 184 valence electrons. The van der Waals surface area contributed by atoms with E-state index in [1.807, 2.05) is 4.90 Å². The Hall–Kier alpha value is -2.24. The highest BCUT2D eigenvalue weighted by molar-refractivity contribution is 5.94. The molecule has 2 aliphatic rings. The molecule has 1 saturated carbocycles. The quantitative estimate of drug-likeness (QED) is 0.451. The summed E-state index contributed by atoms with van der Waals surface area (Å²) in [6.45, 7) is 6.42. The first-order chi connectivity index (χ1) is 16.6. The van der Waals surface area contributed by atoms with Gasteiger partial charge in [-0.05, 0) is 80.6 Å². The average Bonchev–Trinajstić information content (AvgIpc) is 3.28. The fraction of sp³-hybridized carbons (Fsp3) is 0.552. The first kappa shape index (κ1) is 24.9. The molecule has 5 heteroatoms. The summed E-state index contributed by atoms with van der Waals surface area (Å²) in [6.07, 6.45) is 5.50. The maximum absolute atomic E-state index is 14.6. The Morgan fingerprint density at radius 2 is 1.74 bits per heavy atom. The molecule has 1 saturated heterocycles. The third-order valence-electron chi connectivity index (χ3n) is 7.90. The van der Waals surface area contributed by atoms with Crippen molar-refractivity contribution in [2.24, 2.45) is 11.8 Å². The predicted molar refractivity (Wildman–Crippen MR) is 134 cm³/mol. The van der Waals surface area contributed by atoms with Crippen molar-refractivity contribution < 1.29 is 13.9 Å². The van der Waals surface area contributed by atoms with E-state index in [0.717, 1.165) is 38.3 Å². The van der Waals surface area contributed by atoms with Crippen LogP contribution < -0.4 is 0 Å². The molecule has 1 amide bonds. The molecule has 0 aromatic heterocycles. The third-order valence-corrected chi connectivity index (χ3v) is 7.90. The lowest BCUT2D eigenvalue weighted by atomic mass is 9.85. The van der Waals surface area contributed by atoms with Gasteiger partial charge in [0.25, 0.3) is 5.91 Å². The van der Waals surface area contributed by atoms with Crippen molar-refractivity contribution in [3.05, 3.63) is 71.5 Å². The summed E-state index contributed by atoms with van der Waals surface area (Å²) in [6, 6.07) is 17.6. The summed E-state index contributed by atoms with van der Waals surface area (Å²) in [5, 5.41) is 0. The minimum atomic E-state index is -0.447. The van der Waals surface area contributed by atoms with Gasteiger partial charge >= 0.3 is 0 Å². The molecule has 0 N–H and O–H groups in total. The molecule has 4 nitrogen and oxygen atoms in total. The molecular formula is C29H39FN2O2. The number of likely N-dealkylation sites (tertiary alicyclic amines) is 1. The molecule has 2 aromatic carbocycles. The van der Waals surface area contributed by atoms with Crippen LogP contribution in [-0.2, 0) is 4.74 Å². The van der Waals surface area contributed by atoms with Gasteiger partial charge in [-0.15, -0.1) is 0 Å². The second-order valence-corrected chi connectivity index (χ2v) is 10.1. The Bertz CT molecular complexity index is 913. The number of nitrogens with zero attached hydrogens (tertiary/aromatic N) is 2. The van der Waals surface area contributed by atoms with E-state index in [1.165, 1.54) is 24.5 Å². The van der Waals surface area contributed by atoms with Gasteiger partial charge < -0.3 is 14.5 Å². The SMILES string of the molecule is COCCCN(CC1C(c2ccccc2)CCC1N1CCC(C)CC1)C(=O)c1ccccc1F. The van der Waals surface area contributed by atoms with E-state index >= 15 is 0 Å². The second-order valence-electron chi connectivity index (χ2n) is 10.1. The van der Waals surface area contributed by atoms with E-state index in [2.05, 4.69) is 42.2 Å². The van der Waals surface area contributed by atoms with Crippen LogP contribution in [0, 0.1) is 17.7 Å². The molecule has 34 heavy (non-hydrogen) atoms. The van der Waals surface area contributed by atoms with Crippen molar-refractivity contribution in [2.45, 2.75) is 51.0 Å². The minimum absolute atomic E-state index is 0.164. The predicted octanol–water partition coefficient (Wildman–Crippen LogP) is 5.60. The number of halogens is 1. The van der Waals surface area contributed by atoms with Crippen molar-refractivity contribution in [1.29, 1.82) is 0 Å². The van der Waals surface area contributed by atoms with Crippen molar-refractivity contribution >= 4 is 5.91 Å². The Balaban J connectivity index is 1.61. The van der Waals surface area contributed by atoms with Gasteiger partial charge in [-0.2, -0.15) is 0 Å². The lowest BCUT2D eigenvalue weighted by molar-refractivity contribution is 0.0601. The fourth-order valence-electron chi connectivity index (χ4n) is 5.96. The summed E-state index contributed by atoms with van der Waals surface area (Å²) >= 11 is 0. The van der Waals surface area contributed by atoms with Gasteiger partial charge in [-0.3, -0.25) is 4.79 Å². The number of methoxy groups -OCH3 is 1. The zero-order valence-electron chi connectivity index (χ0n) is 20.7.